The van der Waals surface area contributed by atoms with Crippen LogP contribution in [-0.2, 0) is 9.53 Å². The molecule has 0 unspecified atom stereocenters. The maximum absolute atomic E-state index is 13.3. The summed E-state index contributed by atoms with van der Waals surface area (Å²) in [5.74, 6) is 1.02. The van der Waals surface area contributed by atoms with Crippen LogP contribution >= 0.6 is 0 Å². The lowest BCUT2D eigenvalue weighted by atomic mass is 9.46. The van der Waals surface area contributed by atoms with Gasteiger partial charge < -0.3 is 20.1 Å². The van der Waals surface area contributed by atoms with Crippen LogP contribution in [0.3, 0.4) is 0 Å². The molecule has 0 radical (unpaired) electrons. The highest BCUT2D eigenvalue weighted by Crippen LogP contribution is 2.63. The predicted molar refractivity (Wildman–Crippen MR) is 117 cm³/mol. The van der Waals surface area contributed by atoms with Crippen LogP contribution in [0.5, 0.6) is 0 Å². The number of hydrogen-bond acceptors (Lipinski definition) is 5. The Hall–Kier alpha value is -1.17. The molecule has 0 bridgehead atoms. The van der Waals surface area contributed by atoms with Crippen molar-refractivity contribution in [2.45, 2.75) is 66.2 Å². The molecule has 0 heterocycles. The third-order valence-electron chi connectivity index (χ3n) is 8.53. The van der Waals surface area contributed by atoms with Gasteiger partial charge in [0.25, 0.3) is 0 Å². The molecule has 0 spiro atoms. The SMILES string of the molecule is CC(C)C1=CC[C@H]2C(=C1)CC[C@@H]1[C@]2(C)CCC[C@@]1(C)C(=O)OCC(CO)(CO)CO. The highest BCUT2D eigenvalue weighted by Gasteiger charge is 2.58. The largest absolute Gasteiger partial charge is 0.464 e. The fourth-order valence-corrected chi connectivity index (χ4v) is 6.32. The number of esters is 1. The molecule has 0 aromatic heterocycles. The number of carbonyl (C=O) groups excluding carboxylic acids is 1. The number of aliphatic hydroxyl groups excluding tert-OH is 3. The molecule has 0 aromatic rings. The number of hydrogen-bond donors (Lipinski definition) is 3. The van der Waals surface area contributed by atoms with Crippen molar-refractivity contribution in [2.75, 3.05) is 26.4 Å². The van der Waals surface area contributed by atoms with Gasteiger partial charge in [0.2, 0.25) is 0 Å². The Balaban J connectivity index is 1.80. The van der Waals surface area contributed by atoms with Gasteiger partial charge in [0.15, 0.2) is 0 Å². The Morgan fingerprint density at radius 3 is 2.47 bits per heavy atom. The van der Waals surface area contributed by atoms with Gasteiger partial charge in [0.05, 0.1) is 30.7 Å². The molecule has 5 heteroatoms. The lowest BCUT2D eigenvalue weighted by Gasteiger charge is -2.58. The van der Waals surface area contributed by atoms with Gasteiger partial charge in [0, 0.05) is 0 Å². The quantitative estimate of drug-likeness (QED) is 0.548. The number of carbonyl (C=O) groups is 1. The molecule has 0 amide bonds. The van der Waals surface area contributed by atoms with E-state index in [0.29, 0.717) is 11.8 Å². The summed E-state index contributed by atoms with van der Waals surface area (Å²) < 4.78 is 5.66. The maximum Gasteiger partial charge on any atom is 0.312 e. The van der Waals surface area contributed by atoms with Crippen LogP contribution in [0, 0.1) is 34.0 Å². The summed E-state index contributed by atoms with van der Waals surface area (Å²) >= 11 is 0. The second kappa shape index (κ2) is 8.76. The molecule has 30 heavy (non-hydrogen) atoms. The van der Waals surface area contributed by atoms with E-state index < -0.39 is 30.7 Å². The van der Waals surface area contributed by atoms with Gasteiger partial charge in [-0.3, -0.25) is 4.79 Å². The Bertz CT molecular complexity index is 696. The molecule has 3 N–H and O–H groups in total. The highest BCUT2D eigenvalue weighted by molar-refractivity contribution is 5.77. The van der Waals surface area contributed by atoms with Crippen LogP contribution in [-0.4, -0.2) is 47.7 Å². The van der Waals surface area contributed by atoms with Crippen molar-refractivity contribution in [1.82, 2.24) is 0 Å². The average molecular weight is 421 g/mol. The standard InChI is InChI=1S/C25H40O5/c1-17(2)18-6-8-20-19(12-18)7-9-21-23(20,3)10-5-11-24(21,4)22(29)30-16-25(13-26,14-27)15-28/h6,12,17,20-21,26-28H,5,7-11,13-16H2,1-4H3/t20-,21+,23+,24+/m0/s1. The van der Waals surface area contributed by atoms with E-state index in [-0.39, 0.29) is 23.9 Å². The zero-order chi connectivity index (χ0) is 22.2. The molecule has 3 aliphatic carbocycles. The first-order chi connectivity index (χ1) is 14.2. The summed E-state index contributed by atoms with van der Waals surface area (Å²) in [6.45, 7) is 7.47. The number of rotatable bonds is 7. The third kappa shape index (κ3) is 3.89. The second-order valence-corrected chi connectivity index (χ2v) is 10.8. The lowest BCUT2D eigenvalue weighted by Crippen LogP contribution is -2.54. The molecule has 0 aliphatic heterocycles. The highest BCUT2D eigenvalue weighted by atomic mass is 16.5. The number of ether oxygens (including phenoxy) is 1. The van der Waals surface area contributed by atoms with Gasteiger partial charge in [0.1, 0.15) is 6.61 Å². The molecular weight excluding hydrogens is 380 g/mol. The van der Waals surface area contributed by atoms with Crippen molar-refractivity contribution >= 4 is 5.97 Å². The van der Waals surface area contributed by atoms with Crippen molar-refractivity contribution in [1.29, 1.82) is 0 Å². The van der Waals surface area contributed by atoms with Gasteiger partial charge in [-0.15, -0.1) is 0 Å². The molecule has 5 nitrogen and oxygen atoms in total. The Labute approximate surface area is 181 Å². The maximum atomic E-state index is 13.3. The summed E-state index contributed by atoms with van der Waals surface area (Å²) in [4.78, 5) is 13.3. The average Bonchev–Trinajstić information content (AvgIpc) is 2.74. The Kier molecular flexibility index (Phi) is 6.86. The molecule has 3 rings (SSSR count). The van der Waals surface area contributed by atoms with E-state index in [1.54, 1.807) is 5.57 Å². The lowest BCUT2D eigenvalue weighted by molar-refractivity contribution is -0.177. The summed E-state index contributed by atoms with van der Waals surface area (Å²) in [7, 11) is 0. The van der Waals surface area contributed by atoms with E-state index >= 15 is 0 Å². The minimum absolute atomic E-state index is 0.0666. The predicted octanol–water partition coefficient (Wildman–Crippen LogP) is 3.63. The number of fused-ring (bicyclic) bond motifs is 3. The summed E-state index contributed by atoms with van der Waals surface area (Å²) in [5, 5.41) is 28.7. The van der Waals surface area contributed by atoms with Gasteiger partial charge in [-0.2, -0.15) is 0 Å². The topological polar surface area (TPSA) is 87.0 Å². The molecule has 0 saturated heterocycles. The second-order valence-electron chi connectivity index (χ2n) is 10.8. The van der Waals surface area contributed by atoms with E-state index in [1.807, 2.05) is 6.92 Å². The van der Waals surface area contributed by atoms with Crippen LogP contribution in [0.25, 0.3) is 0 Å². The third-order valence-corrected chi connectivity index (χ3v) is 8.53. The van der Waals surface area contributed by atoms with E-state index in [4.69, 9.17) is 4.74 Å². The molecule has 2 fully saturated rings. The van der Waals surface area contributed by atoms with Gasteiger partial charge >= 0.3 is 5.97 Å². The van der Waals surface area contributed by atoms with Crippen LogP contribution in [0.4, 0.5) is 0 Å². The van der Waals surface area contributed by atoms with Crippen molar-refractivity contribution in [2.24, 2.45) is 34.0 Å². The van der Waals surface area contributed by atoms with Crippen LogP contribution in [0.15, 0.2) is 23.3 Å². The first-order valence-electron chi connectivity index (χ1n) is 11.6. The molecular formula is C25H40O5. The minimum Gasteiger partial charge on any atom is -0.464 e. The monoisotopic (exact) mass is 420 g/mol. The fraction of sp³-hybridized carbons (Fsp3) is 0.800. The molecule has 170 valence electrons. The summed E-state index contributed by atoms with van der Waals surface area (Å²) in [6.07, 6.45) is 10.8. The van der Waals surface area contributed by atoms with Gasteiger partial charge in [-0.1, -0.05) is 44.9 Å². The zero-order valence-corrected chi connectivity index (χ0v) is 19.1. The first-order valence-corrected chi connectivity index (χ1v) is 11.6. The Morgan fingerprint density at radius 2 is 1.87 bits per heavy atom. The number of aliphatic hydroxyl groups is 3. The minimum atomic E-state index is -1.19. The summed E-state index contributed by atoms with van der Waals surface area (Å²) in [5.41, 5.74) is 1.30. The first kappa shape index (κ1) is 23.5. The van der Waals surface area contributed by atoms with Crippen molar-refractivity contribution in [3.63, 3.8) is 0 Å². The zero-order valence-electron chi connectivity index (χ0n) is 19.1. The van der Waals surface area contributed by atoms with E-state index in [1.165, 1.54) is 5.57 Å². The normalized spacial score (nSPS) is 34.0. The van der Waals surface area contributed by atoms with Crippen LogP contribution < -0.4 is 0 Å². The summed E-state index contributed by atoms with van der Waals surface area (Å²) in [6, 6.07) is 0. The molecule has 2 saturated carbocycles. The van der Waals surface area contributed by atoms with Crippen LogP contribution in [0.1, 0.15) is 66.2 Å². The van der Waals surface area contributed by atoms with Crippen LogP contribution in [0.2, 0.25) is 0 Å². The van der Waals surface area contributed by atoms with Gasteiger partial charge in [-0.05, 0) is 67.8 Å². The van der Waals surface area contributed by atoms with E-state index in [0.717, 1.165) is 38.5 Å². The fourth-order valence-electron chi connectivity index (χ4n) is 6.32. The smallest absolute Gasteiger partial charge is 0.312 e. The van der Waals surface area contributed by atoms with Crippen molar-refractivity contribution < 1.29 is 24.9 Å². The number of allylic oxidation sites excluding steroid dienone is 4. The van der Waals surface area contributed by atoms with E-state index in [9.17, 15) is 20.1 Å². The van der Waals surface area contributed by atoms with Crippen molar-refractivity contribution in [3.05, 3.63) is 23.3 Å². The molecule has 0 aromatic carbocycles. The van der Waals surface area contributed by atoms with Crippen molar-refractivity contribution in [3.8, 4) is 0 Å². The molecule has 3 aliphatic rings. The van der Waals surface area contributed by atoms with E-state index in [2.05, 4.69) is 32.9 Å². The van der Waals surface area contributed by atoms with Gasteiger partial charge in [-0.25, -0.2) is 0 Å². The Morgan fingerprint density at radius 1 is 1.20 bits per heavy atom. The molecule has 4 atom stereocenters.